The van der Waals surface area contributed by atoms with E-state index in [-0.39, 0.29) is 5.56 Å². The summed E-state index contributed by atoms with van der Waals surface area (Å²) in [5.74, 6) is 1.47. The topological polar surface area (TPSA) is 24.8 Å². The summed E-state index contributed by atoms with van der Waals surface area (Å²) < 4.78 is 39.3. The van der Waals surface area contributed by atoms with E-state index in [2.05, 4.69) is 17.0 Å². The van der Waals surface area contributed by atoms with Crippen LogP contribution in [0.4, 0.5) is 13.2 Å². The lowest BCUT2D eigenvalue weighted by atomic mass is 9.97. The van der Waals surface area contributed by atoms with E-state index in [1.54, 1.807) is 6.07 Å². The van der Waals surface area contributed by atoms with E-state index in [1.807, 2.05) is 0 Å². The molecular formula is C16H19F3N2O. The van der Waals surface area contributed by atoms with Crippen molar-refractivity contribution in [2.45, 2.75) is 38.5 Å². The molecule has 1 saturated heterocycles. The summed E-state index contributed by atoms with van der Waals surface area (Å²) in [6.07, 6.45) is -2.44. The molecule has 3 rings (SSSR count). The van der Waals surface area contributed by atoms with Gasteiger partial charge in [0.25, 0.3) is 0 Å². The van der Waals surface area contributed by atoms with Crippen LogP contribution in [0, 0.1) is 5.92 Å². The molecule has 1 fully saturated rings. The van der Waals surface area contributed by atoms with Gasteiger partial charge in [-0.25, -0.2) is 0 Å². The molecule has 120 valence electrons. The number of amidine groups is 1. The van der Waals surface area contributed by atoms with E-state index in [0.29, 0.717) is 12.3 Å². The molecule has 0 bridgehead atoms. The van der Waals surface area contributed by atoms with E-state index in [9.17, 15) is 13.2 Å². The van der Waals surface area contributed by atoms with E-state index in [4.69, 9.17) is 4.84 Å². The summed E-state index contributed by atoms with van der Waals surface area (Å²) >= 11 is 0. The standard InChI is InChI=1S/C16H19F3N2O/c1-11-6-8-21(9-7-11)15-10-14(22-20-15)12-4-2-3-5-13(12)16(17,18)19/h2-5,11,14H,6-10H2,1H3. The van der Waals surface area contributed by atoms with Crippen molar-refractivity contribution in [2.75, 3.05) is 13.1 Å². The highest BCUT2D eigenvalue weighted by Gasteiger charge is 2.38. The van der Waals surface area contributed by atoms with Crippen molar-refractivity contribution in [2.24, 2.45) is 11.1 Å². The van der Waals surface area contributed by atoms with Gasteiger partial charge in [-0.2, -0.15) is 13.2 Å². The van der Waals surface area contributed by atoms with Crippen molar-refractivity contribution in [3.8, 4) is 0 Å². The summed E-state index contributed by atoms with van der Waals surface area (Å²) in [5, 5.41) is 4.04. The molecule has 3 nitrogen and oxygen atoms in total. The number of piperidine rings is 1. The van der Waals surface area contributed by atoms with Crippen molar-refractivity contribution >= 4 is 5.84 Å². The molecule has 2 aliphatic heterocycles. The number of halogens is 3. The highest BCUT2D eigenvalue weighted by molar-refractivity contribution is 5.83. The minimum absolute atomic E-state index is 0.166. The second-order valence-corrected chi connectivity index (χ2v) is 6.06. The Labute approximate surface area is 127 Å². The van der Waals surface area contributed by atoms with Crippen LogP contribution in [0.25, 0.3) is 0 Å². The van der Waals surface area contributed by atoms with Gasteiger partial charge in [0.2, 0.25) is 0 Å². The minimum Gasteiger partial charge on any atom is -0.386 e. The number of likely N-dealkylation sites (tertiary alicyclic amines) is 1. The molecule has 1 atom stereocenters. The van der Waals surface area contributed by atoms with Gasteiger partial charge in [-0.3, -0.25) is 0 Å². The van der Waals surface area contributed by atoms with Gasteiger partial charge in [0.1, 0.15) is 5.84 Å². The van der Waals surface area contributed by atoms with E-state index in [0.717, 1.165) is 37.8 Å². The van der Waals surface area contributed by atoms with Gasteiger partial charge in [-0.15, -0.1) is 0 Å². The molecule has 22 heavy (non-hydrogen) atoms. The molecule has 2 aliphatic rings. The molecule has 0 saturated carbocycles. The maximum Gasteiger partial charge on any atom is 0.416 e. The fourth-order valence-corrected chi connectivity index (χ4v) is 3.02. The van der Waals surface area contributed by atoms with Gasteiger partial charge in [0.15, 0.2) is 6.10 Å². The first-order valence-corrected chi connectivity index (χ1v) is 7.59. The monoisotopic (exact) mass is 312 g/mol. The normalized spacial score (nSPS) is 23.4. The van der Waals surface area contributed by atoms with Crippen LogP contribution in [0.3, 0.4) is 0 Å². The highest BCUT2D eigenvalue weighted by atomic mass is 19.4. The van der Waals surface area contributed by atoms with Crippen molar-refractivity contribution < 1.29 is 18.0 Å². The Morgan fingerprint density at radius 1 is 1.18 bits per heavy atom. The van der Waals surface area contributed by atoms with Gasteiger partial charge in [0.05, 0.1) is 12.0 Å². The lowest BCUT2D eigenvalue weighted by molar-refractivity contribution is -0.139. The number of hydrogen-bond acceptors (Lipinski definition) is 3. The summed E-state index contributed by atoms with van der Waals surface area (Å²) in [6.45, 7) is 4.01. The first-order valence-electron chi connectivity index (χ1n) is 7.59. The van der Waals surface area contributed by atoms with Gasteiger partial charge in [0, 0.05) is 18.7 Å². The lowest BCUT2D eigenvalue weighted by Crippen LogP contribution is -2.37. The maximum atomic E-state index is 13.1. The summed E-state index contributed by atoms with van der Waals surface area (Å²) in [4.78, 5) is 7.45. The van der Waals surface area contributed by atoms with Crippen LogP contribution in [0.1, 0.15) is 43.4 Å². The van der Waals surface area contributed by atoms with Gasteiger partial charge in [-0.1, -0.05) is 30.3 Å². The summed E-state index contributed by atoms with van der Waals surface area (Å²) in [6, 6.07) is 5.58. The number of alkyl halides is 3. The summed E-state index contributed by atoms with van der Waals surface area (Å²) in [5.41, 5.74) is -0.470. The smallest absolute Gasteiger partial charge is 0.386 e. The average Bonchev–Trinajstić information content (AvgIpc) is 2.97. The Balaban J connectivity index is 1.72. The zero-order valence-corrected chi connectivity index (χ0v) is 12.4. The van der Waals surface area contributed by atoms with Crippen LogP contribution >= 0.6 is 0 Å². The third kappa shape index (κ3) is 3.05. The molecule has 0 radical (unpaired) electrons. The number of nitrogens with zero attached hydrogens (tertiary/aromatic N) is 2. The third-order valence-electron chi connectivity index (χ3n) is 4.42. The molecule has 0 N–H and O–H groups in total. The molecule has 0 aliphatic carbocycles. The number of hydrogen-bond donors (Lipinski definition) is 0. The predicted octanol–water partition coefficient (Wildman–Crippen LogP) is 4.21. The molecule has 0 aromatic heterocycles. The first kappa shape index (κ1) is 15.2. The van der Waals surface area contributed by atoms with Crippen LogP contribution in [0.2, 0.25) is 0 Å². The number of benzene rings is 1. The van der Waals surface area contributed by atoms with Gasteiger partial charge >= 0.3 is 6.18 Å². The summed E-state index contributed by atoms with van der Waals surface area (Å²) in [7, 11) is 0. The first-order chi connectivity index (χ1) is 10.4. The molecule has 1 aromatic rings. The maximum absolute atomic E-state index is 13.1. The molecule has 6 heteroatoms. The molecule has 0 amide bonds. The van der Waals surface area contributed by atoms with Crippen molar-refractivity contribution in [3.63, 3.8) is 0 Å². The Bertz CT molecular complexity index is 563. The van der Waals surface area contributed by atoms with Crippen molar-refractivity contribution in [3.05, 3.63) is 35.4 Å². The average molecular weight is 312 g/mol. The Morgan fingerprint density at radius 2 is 1.86 bits per heavy atom. The largest absolute Gasteiger partial charge is 0.416 e. The second-order valence-electron chi connectivity index (χ2n) is 6.06. The quantitative estimate of drug-likeness (QED) is 0.776. The van der Waals surface area contributed by atoms with E-state index < -0.39 is 17.8 Å². The molecule has 1 aromatic carbocycles. The molecule has 0 spiro atoms. The SMILES string of the molecule is CC1CCN(C2=NOC(c3ccccc3C(F)(F)F)C2)CC1. The van der Waals surface area contributed by atoms with Crippen molar-refractivity contribution in [1.29, 1.82) is 0 Å². The van der Waals surface area contributed by atoms with Gasteiger partial charge < -0.3 is 9.74 Å². The number of oxime groups is 1. The van der Waals surface area contributed by atoms with Crippen LogP contribution in [-0.2, 0) is 11.0 Å². The highest BCUT2D eigenvalue weighted by Crippen LogP contribution is 2.38. The number of rotatable bonds is 1. The van der Waals surface area contributed by atoms with Crippen LogP contribution in [0.15, 0.2) is 29.4 Å². The van der Waals surface area contributed by atoms with Crippen LogP contribution < -0.4 is 0 Å². The van der Waals surface area contributed by atoms with Crippen LogP contribution in [0.5, 0.6) is 0 Å². The zero-order chi connectivity index (χ0) is 15.7. The minimum atomic E-state index is -4.37. The zero-order valence-electron chi connectivity index (χ0n) is 12.4. The van der Waals surface area contributed by atoms with E-state index >= 15 is 0 Å². The molecule has 2 heterocycles. The predicted molar refractivity (Wildman–Crippen MR) is 77.3 cm³/mol. The fraction of sp³-hybridized carbons (Fsp3) is 0.562. The Morgan fingerprint density at radius 3 is 2.55 bits per heavy atom. The van der Waals surface area contributed by atoms with Crippen LogP contribution in [-0.4, -0.2) is 23.8 Å². The molecule has 1 unspecified atom stereocenters. The Kier molecular flexibility index (Phi) is 4.02. The fourth-order valence-electron chi connectivity index (χ4n) is 3.02. The van der Waals surface area contributed by atoms with Crippen molar-refractivity contribution in [1.82, 2.24) is 4.90 Å². The van der Waals surface area contributed by atoms with Gasteiger partial charge in [-0.05, 0) is 24.8 Å². The second kappa shape index (κ2) is 5.82. The molecular weight excluding hydrogens is 293 g/mol. The Hall–Kier alpha value is -1.72. The lowest BCUT2D eigenvalue weighted by Gasteiger charge is -2.31. The third-order valence-corrected chi connectivity index (χ3v) is 4.42. The van der Waals surface area contributed by atoms with E-state index in [1.165, 1.54) is 12.1 Å².